The first-order valence-corrected chi connectivity index (χ1v) is 7.47. The lowest BCUT2D eigenvalue weighted by Gasteiger charge is -2.21. The summed E-state index contributed by atoms with van der Waals surface area (Å²) in [5.74, 6) is 0.0410. The van der Waals surface area contributed by atoms with Crippen molar-refractivity contribution in [1.29, 1.82) is 0 Å². The number of nitrogen functional groups attached to an aromatic ring is 1. The lowest BCUT2D eigenvalue weighted by molar-refractivity contribution is 0.0432. The number of amides is 1. The van der Waals surface area contributed by atoms with Crippen LogP contribution >= 0.6 is 0 Å². The summed E-state index contributed by atoms with van der Waals surface area (Å²) in [6.07, 6.45) is 4.28. The van der Waals surface area contributed by atoms with Gasteiger partial charge < -0.3 is 15.4 Å². The molecular weight excluding hydrogens is 252 g/mol. The van der Waals surface area contributed by atoms with Crippen LogP contribution in [0.5, 0.6) is 0 Å². The molecule has 2 N–H and O–H groups in total. The van der Waals surface area contributed by atoms with Crippen molar-refractivity contribution in [3.63, 3.8) is 0 Å². The minimum absolute atomic E-state index is 0.0410. The summed E-state index contributed by atoms with van der Waals surface area (Å²) < 4.78 is 5.81. The molecule has 0 radical (unpaired) electrons. The van der Waals surface area contributed by atoms with E-state index < -0.39 is 0 Å². The first kappa shape index (κ1) is 14.9. The molecule has 1 amide bonds. The molecule has 0 saturated carbocycles. The zero-order valence-corrected chi connectivity index (χ0v) is 12.2. The Morgan fingerprint density at radius 3 is 2.90 bits per heavy atom. The van der Waals surface area contributed by atoms with Crippen LogP contribution in [0.3, 0.4) is 0 Å². The van der Waals surface area contributed by atoms with Gasteiger partial charge in [-0.2, -0.15) is 0 Å². The fourth-order valence-corrected chi connectivity index (χ4v) is 2.58. The maximum atomic E-state index is 12.5. The largest absolute Gasteiger partial charge is 0.398 e. The number of likely N-dealkylation sites (tertiary alicyclic amines) is 1. The fourth-order valence-electron chi connectivity index (χ4n) is 2.58. The quantitative estimate of drug-likeness (QED) is 0.860. The Kier molecular flexibility index (Phi) is 5.41. The van der Waals surface area contributed by atoms with Crippen molar-refractivity contribution >= 4 is 11.6 Å². The molecule has 4 heteroatoms. The molecule has 0 aliphatic carbocycles. The van der Waals surface area contributed by atoms with Crippen LogP contribution in [0.2, 0.25) is 0 Å². The second kappa shape index (κ2) is 7.29. The van der Waals surface area contributed by atoms with Gasteiger partial charge >= 0.3 is 0 Å². The van der Waals surface area contributed by atoms with E-state index in [0.717, 1.165) is 45.4 Å². The van der Waals surface area contributed by atoms with Gasteiger partial charge in [-0.1, -0.05) is 19.1 Å². The number of ether oxygens (including phenoxy) is 1. The molecule has 1 heterocycles. The molecule has 0 spiro atoms. The highest BCUT2D eigenvalue weighted by Gasteiger charge is 2.22. The Balaban J connectivity index is 1.96. The molecule has 1 aliphatic heterocycles. The molecule has 4 nitrogen and oxygen atoms in total. The van der Waals surface area contributed by atoms with E-state index in [1.54, 1.807) is 12.1 Å². The zero-order chi connectivity index (χ0) is 14.4. The van der Waals surface area contributed by atoms with Gasteiger partial charge in [-0.25, -0.2) is 0 Å². The molecule has 1 aromatic carbocycles. The first-order chi connectivity index (χ1) is 9.72. The lowest BCUT2D eigenvalue weighted by Crippen LogP contribution is -2.32. The van der Waals surface area contributed by atoms with Crippen LogP contribution in [0.4, 0.5) is 5.69 Å². The number of hydrogen-bond donors (Lipinski definition) is 1. The van der Waals surface area contributed by atoms with Crippen LogP contribution < -0.4 is 5.73 Å². The molecule has 20 heavy (non-hydrogen) atoms. The molecule has 1 aromatic rings. The maximum Gasteiger partial charge on any atom is 0.255 e. The Morgan fingerprint density at radius 2 is 2.15 bits per heavy atom. The van der Waals surface area contributed by atoms with Gasteiger partial charge in [-0.3, -0.25) is 4.79 Å². The predicted octanol–water partition coefficient (Wildman–Crippen LogP) is 2.69. The first-order valence-electron chi connectivity index (χ1n) is 7.47. The molecule has 1 fully saturated rings. The predicted molar refractivity (Wildman–Crippen MR) is 80.6 cm³/mol. The summed E-state index contributed by atoms with van der Waals surface area (Å²) in [6.45, 7) is 4.47. The number of hydrogen-bond acceptors (Lipinski definition) is 3. The fraction of sp³-hybridized carbons (Fsp3) is 0.562. The number of nitrogens with two attached hydrogens (primary N) is 1. The molecule has 1 unspecified atom stereocenters. The molecule has 2 rings (SSSR count). The third kappa shape index (κ3) is 3.73. The van der Waals surface area contributed by atoms with Gasteiger partial charge in [0.1, 0.15) is 0 Å². The van der Waals surface area contributed by atoms with Crippen molar-refractivity contribution in [3.8, 4) is 0 Å². The van der Waals surface area contributed by atoms with E-state index in [1.807, 2.05) is 17.0 Å². The van der Waals surface area contributed by atoms with Gasteiger partial charge in [0.25, 0.3) is 5.91 Å². The SMILES string of the molecule is CCCOC1CCCN(C(=O)c2ccccc2N)CC1. The number of benzene rings is 1. The van der Waals surface area contributed by atoms with Gasteiger partial charge in [-0.15, -0.1) is 0 Å². The van der Waals surface area contributed by atoms with Crippen LogP contribution in [-0.4, -0.2) is 36.6 Å². The summed E-state index contributed by atoms with van der Waals surface area (Å²) >= 11 is 0. The summed E-state index contributed by atoms with van der Waals surface area (Å²) in [5, 5.41) is 0. The van der Waals surface area contributed by atoms with Gasteiger partial charge in [0.15, 0.2) is 0 Å². The minimum atomic E-state index is 0.0410. The third-order valence-corrected chi connectivity index (χ3v) is 3.71. The Bertz CT molecular complexity index is 448. The molecular formula is C16H24N2O2. The average Bonchev–Trinajstić information content (AvgIpc) is 2.70. The molecule has 0 aromatic heterocycles. The number of para-hydroxylation sites is 1. The van der Waals surface area contributed by atoms with Crippen molar-refractivity contribution in [2.24, 2.45) is 0 Å². The number of anilines is 1. The average molecular weight is 276 g/mol. The lowest BCUT2D eigenvalue weighted by atomic mass is 10.1. The number of carbonyl (C=O) groups is 1. The Labute approximate surface area is 120 Å². The summed E-state index contributed by atoms with van der Waals surface area (Å²) in [4.78, 5) is 14.4. The highest BCUT2D eigenvalue weighted by molar-refractivity contribution is 5.99. The van der Waals surface area contributed by atoms with Crippen LogP contribution in [0.25, 0.3) is 0 Å². The van der Waals surface area contributed by atoms with E-state index in [-0.39, 0.29) is 5.91 Å². The van der Waals surface area contributed by atoms with Gasteiger partial charge in [-0.05, 0) is 37.8 Å². The zero-order valence-electron chi connectivity index (χ0n) is 12.2. The normalized spacial score (nSPS) is 19.6. The maximum absolute atomic E-state index is 12.5. The molecule has 110 valence electrons. The third-order valence-electron chi connectivity index (χ3n) is 3.71. The van der Waals surface area contributed by atoms with Crippen molar-refractivity contribution in [3.05, 3.63) is 29.8 Å². The van der Waals surface area contributed by atoms with Crippen molar-refractivity contribution < 1.29 is 9.53 Å². The van der Waals surface area contributed by atoms with E-state index in [4.69, 9.17) is 10.5 Å². The second-order valence-electron chi connectivity index (χ2n) is 5.30. The van der Waals surface area contributed by atoms with Crippen LogP contribution in [0.1, 0.15) is 43.0 Å². The number of nitrogens with zero attached hydrogens (tertiary/aromatic N) is 1. The molecule has 0 bridgehead atoms. The summed E-state index contributed by atoms with van der Waals surface area (Å²) in [7, 11) is 0. The Hall–Kier alpha value is -1.55. The van der Waals surface area contributed by atoms with Crippen molar-refractivity contribution in [2.75, 3.05) is 25.4 Å². The van der Waals surface area contributed by atoms with Crippen LogP contribution in [0.15, 0.2) is 24.3 Å². The molecule has 1 atom stereocenters. The summed E-state index contributed by atoms with van der Waals surface area (Å²) in [6, 6.07) is 7.28. The summed E-state index contributed by atoms with van der Waals surface area (Å²) in [5.41, 5.74) is 7.06. The van der Waals surface area contributed by atoms with E-state index in [1.165, 1.54) is 0 Å². The van der Waals surface area contributed by atoms with E-state index in [9.17, 15) is 4.79 Å². The monoisotopic (exact) mass is 276 g/mol. The second-order valence-corrected chi connectivity index (χ2v) is 5.30. The van der Waals surface area contributed by atoms with E-state index >= 15 is 0 Å². The molecule has 1 aliphatic rings. The topological polar surface area (TPSA) is 55.6 Å². The van der Waals surface area contributed by atoms with Gasteiger partial charge in [0.2, 0.25) is 0 Å². The highest BCUT2D eigenvalue weighted by atomic mass is 16.5. The minimum Gasteiger partial charge on any atom is -0.398 e. The molecule has 1 saturated heterocycles. The number of carbonyl (C=O) groups excluding carboxylic acids is 1. The Morgan fingerprint density at radius 1 is 1.35 bits per heavy atom. The highest BCUT2D eigenvalue weighted by Crippen LogP contribution is 2.19. The van der Waals surface area contributed by atoms with Crippen LogP contribution in [-0.2, 0) is 4.74 Å². The van der Waals surface area contributed by atoms with E-state index in [2.05, 4.69) is 6.92 Å². The standard InChI is InChI=1S/C16H24N2O2/c1-2-12-20-13-6-5-10-18(11-9-13)16(19)14-7-3-4-8-15(14)17/h3-4,7-8,13H,2,5-6,9-12,17H2,1H3. The van der Waals surface area contributed by atoms with E-state index in [0.29, 0.717) is 17.4 Å². The van der Waals surface area contributed by atoms with Crippen LogP contribution in [0, 0.1) is 0 Å². The van der Waals surface area contributed by atoms with Crippen molar-refractivity contribution in [1.82, 2.24) is 4.90 Å². The van der Waals surface area contributed by atoms with Crippen molar-refractivity contribution in [2.45, 2.75) is 38.7 Å². The smallest absolute Gasteiger partial charge is 0.255 e. The van der Waals surface area contributed by atoms with Gasteiger partial charge in [0, 0.05) is 25.4 Å². The number of rotatable bonds is 4. The van der Waals surface area contributed by atoms with Gasteiger partial charge in [0.05, 0.1) is 11.7 Å².